The number of nitrogens with one attached hydrogen (secondary N) is 3. The first kappa shape index (κ1) is 21.2. The predicted molar refractivity (Wildman–Crippen MR) is 108 cm³/mol. The Labute approximate surface area is 164 Å². The summed E-state index contributed by atoms with van der Waals surface area (Å²) in [6.07, 6.45) is -0.684. The van der Waals surface area contributed by atoms with E-state index in [1.807, 2.05) is 30.3 Å². The molecule has 0 aliphatic carbocycles. The molecule has 2 aromatic rings. The highest BCUT2D eigenvalue weighted by Gasteiger charge is 2.21. The number of amides is 2. The summed E-state index contributed by atoms with van der Waals surface area (Å²) < 4.78 is 18.8. The molecule has 0 bridgehead atoms. The van der Waals surface area contributed by atoms with Crippen LogP contribution in [0.2, 0.25) is 0 Å². The van der Waals surface area contributed by atoms with E-state index in [9.17, 15) is 14.0 Å². The van der Waals surface area contributed by atoms with Gasteiger partial charge >= 0.3 is 6.09 Å². The molecule has 1 atom stereocenters. The van der Waals surface area contributed by atoms with Crippen LogP contribution in [-0.4, -0.2) is 23.6 Å². The van der Waals surface area contributed by atoms with Crippen molar-refractivity contribution in [3.8, 4) is 0 Å². The van der Waals surface area contributed by atoms with Gasteiger partial charge in [-0.1, -0.05) is 30.3 Å². The van der Waals surface area contributed by atoms with Crippen LogP contribution in [0.3, 0.4) is 0 Å². The second kappa shape index (κ2) is 9.21. The molecule has 2 rings (SSSR count). The second-order valence-corrected chi connectivity index (χ2v) is 7.39. The van der Waals surface area contributed by atoms with Gasteiger partial charge in [0, 0.05) is 6.54 Å². The molecular weight excluding hydrogens is 361 g/mol. The fourth-order valence-electron chi connectivity index (χ4n) is 2.36. The van der Waals surface area contributed by atoms with Crippen LogP contribution >= 0.6 is 0 Å². The molecule has 0 spiro atoms. The van der Waals surface area contributed by atoms with Crippen LogP contribution in [0.15, 0.2) is 48.5 Å². The van der Waals surface area contributed by atoms with Gasteiger partial charge in [-0.15, -0.1) is 0 Å². The average Bonchev–Trinajstić information content (AvgIpc) is 2.61. The van der Waals surface area contributed by atoms with E-state index in [0.717, 1.165) is 5.56 Å². The third kappa shape index (κ3) is 6.90. The topological polar surface area (TPSA) is 79.5 Å². The fourth-order valence-corrected chi connectivity index (χ4v) is 2.36. The number of anilines is 2. The molecule has 0 saturated heterocycles. The maximum Gasteiger partial charge on any atom is 0.408 e. The van der Waals surface area contributed by atoms with Gasteiger partial charge in [0.25, 0.3) is 0 Å². The van der Waals surface area contributed by atoms with Crippen molar-refractivity contribution >= 4 is 23.4 Å². The predicted octanol–water partition coefficient (Wildman–Crippen LogP) is 4.29. The lowest BCUT2D eigenvalue weighted by molar-refractivity contribution is -0.117. The Kier molecular flexibility index (Phi) is 6.98. The number of halogens is 1. The highest BCUT2D eigenvalue weighted by Crippen LogP contribution is 2.24. The normalized spacial score (nSPS) is 12.0. The molecule has 0 saturated carbocycles. The quantitative estimate of drug-likeness (QED) is 0.691. The maximum absolute atomic E-state index is 13.7. The molecular formula is C21H26FN3O3. The van der Waals surface area contributed by atoms with Gasteiger partial charge in [0.05, 0.1) is 11.4 Å². The summed E-state index contributed by atoms with van der Waals surface area (Å²) in [5.41, 5.74) is 1.22. The molecule has 0 aliphatic heterocycles. The third-order valence-corrected chi connectivity index (χ3v) is 3.69. The van der Waals surface area contributed by atoms with Gasteiger partial charge in [0.1, 0.15) is 17.5 Å². The molecule has 0 heterocycles. The van der Waals surface area contributed by atoms with Gasteiger partial charge in [-0.3, -0.25) is 4.79 Å². The molecule has 0 aromatic heterocycles. The van der Waals surface area contributed by atoms with E-state index in [1.54, 1.807) is 27.7 Å². The number of hydrogen-bond donors (Lipinski definition) is 3. The monoisotopic (exact) mass is 387 g/mol. The molecule has 0 radical (unpaired) electrons. The highest BCUT2D eigenvalue weighted by atomic mass is 19.1. The molecule has 7 heteroatoms. The molecule has 28 heavy (non-hydrogen) atoms. The molecule has 1 unspecified atom stereocenters. The summed E-state index contributed by atoms with van der Waals surface area (Å²) in [4.78, 5) is 24.2. The van der Waals surface area contributed by atoms with E-state index in [1.165, 1.54) is 18.2 Å². The lowest BCUT2D eigenvalue weighted by Gasteiger charge is -2.22. The first-order valence-corrected chi connectivity index (χ1v) is 9.02. The summed E-state index contributed by atoms with van der Waals surface area (Å²) in [6, 6.07) is 12.8. The van der Waals surface area contributed by atoms with Gasteiger partial charge in [0.15, 0.2) is 0 Å². The first-order valence-electron chi connectivity index (χ1n) is 9.02. The van der Waals surface area contributed by atoms with Crippen molar-refractivity contribution in [2.45, 2.75) is 45.9 Å². The van der Waals surface area contributed by atoms with E-state index in [-0.39, 0.29) is 0 Å². The minimum atomic E-state index is -0.832. The van der Waals surface area contributed by atoms with Crippen molar-refractivity contribution in [3.63, 3.8) is 0 Å². The van der Waals surface area contributed by atoms with E-state index in [0.29, 0.717) is 17.9 Å². The summed E-state index contributed by atoms with van der Waals surface area (Å²) in [7, 11) is 0. The van der Waals surface area contributed by atoms with E-state index >= 15 is 0 Å². The Bertz CT molecular complexity index is 819. The average molecular weight is 387 g/mol. The van der Waals surface area contributed by atoms with Crippen molar-refractivity contribution in [2.75, 3.05) is 10.6 Å². The molecule has 0 aliphatic rings. The number of ether oxygens (including phenoxy) is 1. The van der Waals surface area contributed by atoms with Gasteiger partial charge in [-0.25, -0.2) is 9.18 Å². The Balaban J connectivity index is 2.02. The van der Waals surface area contributed by atoms with Crippen molar-refractivity contribution in [1.82, 2.24) is 5.32 Å². The van der Waals surface area contributed by atoms with Crippen molar-refractivity contribution < 1.29 is 18.7 Å². The van der Waals surface area contributed by atoms with Crippen LogP contribution in [0, 0.1) is 5.82 Å². The number of alkyl carbamates (subject to hydrolysis) is 1. The minimum Gasteiger partial charge on any atom is -0.444 e. The van der Waals surface area contributed by atoms with Gasteiger partial charge in [0.2, 0.25) is 5.91 Å². The molecule has 6 nitrogen and oxygen atoms in total. The number of rotatable bonds is 6. The minimum absolute atomic E-state index is 0.417. The summed E-state index contributed by atoms with van der Waals surface area (Å²) >= 11 is 0. The van der Waals surface area contributed by atoms with Gasteiger partial charge in [-0.05, 0) is 51.5 Å². The zero-order valence-electron chi connectivity index (χ0n) is 16.5. The highest BCUT2D eigenvalue weighted by molar-refractivity contribution is 5.98. The Hall–Kier alpha value is -3.09. The van der Waals surface area contributed by atoms with Gasteiger partial charge in [-0.2, -0.15) is 0 Å². The SMILES string of the molecule is CC(NC(=O)OC(C)(C)C)C(=O)Nc1ccc(F)cc1NCc1ccccc1. The van der Waals surface area contributed by atoms with Gasteiger partial charge < -0.3 is 20.7 Å². The summed E-state index contributed by atoms with van der Waals surface area (Å²) in [6.45, 7) is 7.22. The van der Waals surface area contributed by atoms with Crippen LogP contribution in [0.4, 0.5) is 20.6 Å². The third-order valence-electron chi connectivity index (χ3n) is 3.69. The summed E-state index contributed by atoms with van der Waals surface area (Å²) in [5, 5.41) is 8.30. The summed E-state index contributed by atoms with van der Waals surface area (Å²) in [5.74, 6) is -0.867. The van der Waals surface area contributed by atoms with E-state index < -0.39 is 29.5 Å². The first-order chi connectivity index (χ1) is 13.1. The molecule has 2 amide bonds. The van der Waals surface area contributed by atoms with Crippen molar-refractivity contribution in [1.29, 1.82) is 0 Å². The van der Waals surface area contributed by atoms with Crippen LogP contribution in [0.25, 0.3) is 0 Å². The van der Waals surface area contributed by atoms with Crippen LogP contribution in [0.5, 0.6) is 0 Å². The van der Waals surface area contributed by atoms with E-state index in [4.69, 9.17) is 4.74 Å². The van der Waals surface area contributed by atoms with Crippen molar-refractivity contribution in [2.24, 2.45) is 0 Å². The lowest BCUT2D eigenvalue weighted by Crippen LogP contribution is -2.44. The zero-order valence-corrected chi connectivity index (χ0v) is 16.5. The zero-order chi connectivity index (χ0) is 20.7. The Morgan fingerprint density at radius 1 is 1.07 bits per heavy atom. The van der Waals surface area contributed by atoms with E-state index in [2.05, 4.69) is 16.0 Å². The standard InChI is InChI=1S/C21H26FN3O3/c1-14(24-20(27)28-21(2,3)4)19(26)25-17-11-10-16(22)12-18(17)23-13-15-8-6-5-7-9-15/h5-12,14,23H,13H2,1-4H3,(H,24,27)(H,25,26). The lowest BCUT2D eigenvalue weighted by atomic mass is 10.2. The van der Waals surface area contributed by atoms with Crippen LogP contribution in [0.1, 0.15) is 33.3 Å². The second-order valence-electron chi connectivity index (χ2n) is 7.39. The van der Waals surface area contributed by atoms with Crippen molar-refractivity contribution in [3.05, 3.63) is 59.9 Å². The molecule has 3 N–H and O–H groups in total. The molecule has 2 aromatic carbocycles. The molecule has 150 valence electrons. The molecule has 0 fully saturated rings. The van der Waals surface area contributed by atoms with Crippen LogP contribution < -0.4 is 16.0 Å². The maximum atomic E-state index is 13.7. The number of hydrogen-bond acceptors (Lipinski definition) is 4. The van der Waals surface area contributed by atoms with Crippen LogP contribution in [-0.2, 0) is 16.1 Å². The number of carbonyl (C=O) groups is 2. The Morgan fingerprint density at radius 3 is 2.39 bits per heavy atom. The largest absolute Gasteiger partial charge is 0.444 e. The number of benzene rings is 2. The smallest absolute Gasteiger partial charge is 0.408 e. The Morgan fingerprint density at radius 2 is 1.75 bits per heavy atom. The fraction of sp³-hybridized carbons (Fsp3) is 0.333. The number of carbonyl (C=O) groups excluding carboxylic acids is 2.